The van der Waals surface area contributed by atoms with E-state index in [1.807, 2.05) is 7.85 Å². The highest BCUT2D eigenvalue weighted by atomic mass is 16.6. The van der Waals surface area contributed by atoms with Crippen LogP contribution in [0.4, 0.5) is 0 Å². The third kappa shape index (κ3) is 3.16. The number of rotatable bonds is 6. The van der Waals surface area contributed by atoms with E-state index in [1.165, 1.54) is 0 Å². The number of aliphatic hydroxyl groups is 1. The van der Waals surface area contributed by atoms with E-state index in [0.29, 0.717) is 13.2 Å². The second-order valence-electron chi connectivity index (χ2n) is 3.59. The predicted molar refractivity (Wildman–Crippen MR) is 56.7 cm³/mol. The zero-order valence-electron chi connectivity index (χ0n) is 9.51. The van der Waals surface area contributed by atoms with Gasteiger partial charge in [-0.2, -0.15) is 0 Å². The summed E-state index contributed by atoms with van der Waals surface area (Å²) >= 11 is 0. The van der Waals surface area contributed by atoms with Crippen LogP contribution >= 0.6 is 0 Å². The lowest BCUT2D eigenvalue weighted by Gasteiger charge is -2.21. The third-order valence-electron chi connectivity index (χ3n) is 2.59. The molecule has 1 aliphatic heterocycles. The van der Waals surface area contributed by atoms with E-state index in [1.54, 1.807) is 14.2 Å². The van der Waals surface area contributed by atoms with Crippen molar-refractivity contribution in [2.75, 3.05) is 34.0 Å². The van der Waals surface area contributed by atoms with Crippen LogP contribution in [-0.4, -0.2) is 71.3 Å². The lowest BCUT2D eigenvalue weighted by atomic mass is 9.93. The van der Waals surface area contributed by atoms with Crippen LogP contribution in [0.1, 0.15) is 0 Å². The van der Waals surface area contributed by atoms with Crippen LogP contribution in [0.3, 0.4) is 0 Å². The van der Waals surface area contributed by atoms with Gasteiger partial charge < -0.3 is 24.1 Å². The average molecular weight is 218 g/mol. The molecule has 0 aromatic rings. The molecule has 5 nitrogen and oxygen atoms in total. The SMILES string of the molecule is BC1OC(CO)C(OC)C1OCCOC. The van der Waals surface area contributed by atoms with E-state index in [9.17, 15) is 0 Å². The lowest BCUT2D eigenvalue weighted by Crippen LogP contribution is -2.38. The van der Waals surface area contributed by atoms with Gasteiger partial charge in [-0.1, -0.05) is 0 Å². The second kappa shape index (κ2) is 6.45. The number of aliphatic hydroxyl groups excluding tert-OH is 1. The van der Waals surface area contributed by atoms with Gasteiger partial charge in [0.25, 0.3) is 0 Å². The van der Waals surface area contributed by atoms with E-state index in [4.69, 9.17) is 24.1 Å². The maximum Gasteiger partial charge on any atom is 0.142 e. The van der Waals surface area contributed by atoms with Gasteiger partial charge in [-0.05, 0) is 0 Å². The van der Waals surface area contributed by atoms with Gasteiger partial charge in [-0.15, -0.1) is 0 Å². The minimum absolute atomic E-state index is 0.0486. The first-order valence-electron chi connectivity index (χ1n) is 5.14. The van der Waals surface area contributed by atoms with E-state index in [2.05, 4.69) is 0 Å². The Kier molecular flexibility index (Phi) is 5.56. The third-order valence-corrected chi connectivity index (χ3v) is 2.59. The summed E-state index contributed by atoms with van der Waals surface area (Å²) in [5, 5.41) is 9.09. The molecule has 88 valence electrons. The maximum atomic E-state index is 9.09. The van der Waals surface area contributed by atoms with E-state index < -0.39 is 0 Å². The molecule has 0 saturated carbocycles. The molecular weight excluding hydrogens is 199 g/mol. The Morgan fingerprint density at radius 2 is 2.00 bits per heavy atom. The molecule has 4 atom stereocenters. The fourth-order valence-electron chi connectivity index (χ4n) is 1.84. The lowest BCUT2D eigenvalue weighted by molar-refractivity contribution is -0.0599. The fraction of sp³-hybridized carbons (Fsp3) is 1.00. The summed E-state index contributed by atoms with van der Waals surface area (Å²) in [5.74, 6) is 0. The molecule has 1 aliphatic rings. The van der Waals surface area contributed by atoms with Crippen LogP contribution in [0.5, 0.6) is 0 Å². The minimum atomic E-state index is -0.294. The van der Waals surface area contributed by atoms with Crippen molar-refractivity contribution in [3.8, 4) is 0 Å². The van der Waals surface area contributed by atoms with Crippen LogP contribution < -0.4 is 0 Å². The van der Waals surface area contributed by atoms with Crippen LogP contribution in [0.15, 0.2) is 0 Å². The van der Waals surface area contributed by atoms with Gasteiger partial charge in [-0.3, -0.25) is 0 Å². The van der Waals surface area contributed by atoms with Crippen LogP contribution in [0.25, 0.3) is 0 Å². The van der Waals surface area contributed by atoms with Gasteiger partial charge in [0.15, 0.2) is 0 Å². The summed E-state index contributed by atoms with van der Waals surface area (Å²) < 4.78 is 21.3. The molecule has 1 saturated heterocycles. The number of ether oxygens (including phenoxy) is 4. The maximum absolute atomic E-state index is 9.09. The van der Waals surface area contributed by atoms with Gasteiger partial charge in [0.1, 0.15) is 26.2 Å². The molecule has 0 radical (unpaired) electrons. The van der Waals surface area contributed by atoms with Crippen LogP contribution in [0, 0.1) is 0 Å². The highest BCUT2D eigenvalue weighted by Gasteiger charge is 2.42. The molecule has 6 heteroatoms. The molecule has 0 amide bonds. The molecule has 1 heterocycles. The van der Waals surface area contributed by atoms with Crippen molar-refractivity contribution in [1.82, 2.24) is 0 Å². The average Bonchev–Trinajstić information content (AvgIpc) is 2.55. The number of methoxy groups -OCH3 is 2. The highest BCUT2D eigenvalue weighted by molar-refractivity contribution is 6.11. The highest BCUT2D eigenvalue weighted by Crippen LogP contribution is 2.24. The first kappa shape index (κ1) is 12.9. The standard InChI is InChI=1S/C9H19BO5/c1-12-3-4-14-8-7(13-2)6(5-11)15-9(8)10/h6-9,11H,3-5,10H2,1-2H3. The van der Waals surface area contributed by atoms with Gasteiger partial charge in [0.05, 0.1) is 25.8 Å². The van der Waals surface area contributed by atoms with Crippen molar-refractivity contribution in [2.24, 2.45) is 0 Å². The van der Waals surface area contributed by atoms with Crippen molar-refractivity contribution >= 4 is 7.85 Å². The predicted octanol–water partition coefficient (Wildman–Crippen LogP) is -1.62. The zero-order valence-corrected chi connectivity index (χ0v) is 9.51. The Morgan fingerprint density at radius 1 is 1.27 bits per heavy atom. The molecular formula is C9H19BO5. The van der Waals surface area contributed by atoms with Crippen LogP contribution in [0.2, 0.25) is 0 Å². The van der Waals surface area contributed by atoms with Gasteiger partial charge >= 0.3 is 0 Å². The Morgan fingerprint density at radius 3 is 2.53 bits per heavy atom. The van der Waals surface area contributed by atoms with Gasteiger partial charge in [0, 0.05) is 14.2 Å². The largest absolute Gasteiger partial charge is 0.394 e. The Labute approximate surface area is 91.1 Å². The normalized spacial score (nSPS) is 35.9. The molecule has 0 bridgehead atoms. The molecule has 0 spiro atoms. The second-order valence-corrected chi connectivity index (χ2v) is 3.59. The molecule has 0 aromatic heterocycles. The zero-order chi connectivity index (χ0) is 11.3. The van der Waals surface area contributed by atoms with Gasteiger partial charge in [-0.25, -0.2) is 0 Å². The Hall–Kier alpha value is -0.135. The summed E-state index contributed by atoms with van der Waals surface area (Å²) in [7, 11) is 5.14. The molecule has 0 aliphatic carbocycles. The smallest absolute Gasteiger partial charge is 0.142 e. The van der Waals surface area contributed by atoms with Crippen molar-refractivity contribution in [2.45, 2.75) is 24.3 Å². The van der Waals surface area contributed by atoms with E-state index in [-0.39, 0.29) is 30.9 Å². The first-order valence-corrected chi connectivity index (χ1v) is 5.14. The van der Waals surface area contributed by atoms with Gasteiger partial charge in [0.2, 0.25) is 0 Å². The van der Waals surface area contributed by atoms with Crippen molar-refractivity contribution in [3.63, 3.8) is 0 Å². The summed E-state index contributed by atoms with van der Waals surface area (Å²) in [6, 6.07) is -0.0658. The summed E-state index contributed by atoms with van der Waals surface area (Å²) in [6.45, 7) is 1.00. The molecule has 1 fully saturated rings. The van der Waals surface area contributed by atoms with Crippen molar-refractivity contribution in [1.29, 1.82) is 0 Å². The minimum Gasteiger partial charge on any atom is -0.394 e. The number of hydrogen-bond acceptors (Lipinski definition) is 5. The van der Waals surface area contributed by atoms with Crippen molar-refractivity contribution in [3.05, 3.63) is 0 Å². The summed E-state index contributed by atoms with van der Waals surface area (Å²) in [6.07, 6.45) is -0.637. The van der Waals surface area contributed by atoms with Crippen molar-refractivity contribution < 1.29 is 24.1 Å². The molecule has 4 unspecified atom stereocenters. The fourth-order valence-corrected chi connectivity index (χ4v) is 1.84. The quantitative estimate of drug-likeness (QED) is 0.429. The molecule has 1 N–H and O–H groups in total. The molecule has 1 rings (SSSR count). The summed E-state index contributed by atoms with van der Waals surface area (Å²) in [5.41, 5.74) is 0. The first-order chi connectivity index (χ1) is 7.24. The topological polar surface area (TPSA) is 57.2 Å². The summed E-state index contributed by atoms with van der Waals surface area (Å²) in [4.78, 5) is 0. The van der Waals surface area contributed by atoms with Crippen LogP contribution in [-0.2, 0) is 18.9 Å². The van der Waals surface area contributed by atoms with E-state index >= 15 is 0 Å². The monoisotopic (exact) mass is 218 g/mol. The molecule has 15 heavy (non-hydrogen) atoms. The Balaban J connectivity index is 2.45. The number of hydrogen-bond donors (Lipinski definition) is 1. The Bertz CT molecular complexity index is 180. The molecule has 0 aromatic carbocycles. The van der Waals surface area contributed by atoms with E-state index in [0.717, 1.165) is 0 Å².